The zero-order chi connectivity index (χ0) is 17.2. The molecule has 0 radical (unpaired) electrons. The van der Waals surface area contributed by atoms with E-state index in [0.29, 0.717) is 13.1 Å². The van der Waals surface area contributed by atoms with Gasteiger partial charge in [0.05, 0.1) is 19.8 Å². The number of amides is 1. The highest BCUT2D eigenvalue weighted by molar-refractivity contribution is 5.78. The van der Waals surface area contributed by atoms with Gasteiger partial charge < -0.3 is 10.1 Å². The summed E-state index contributed by atoms with van der Waals surface area (Å²) in [6.45, 7) is 12.0. The summed E-state index contributed by atoms with van der Waals surface area (Å²) in [7, 11) is 0. The van der Waals surface area contributed by atoms with Gasteiger partial charge in [0.25, 0.3) is 0 Å². The molecule has 1 aliphatic heterocycles. The van der Waals surface area contributed by atoms with Crippen LogP contribution in [0.4, 0.5) is 0 Å². The average Bonchev–Trinajstić information content (AvgIpc) is 2.61. The summed E-state index contributed by atoms with van der Waals surface area (Å²) < 4.78 is 5.42. The topological polar surface area (TPSA) is 44.8 Å². The predicted molar refractivity (Wildman–Crippen MR) is 96.8 cm³/mol. The molecular weight excluding hydrogens is 302 g/mol. The van der Waals surface area contributed by atoms with Crippen molar-refractivity contribution in [2.45, 2.75) is 19.5 Å². The smallest absolute Gasteiger partial charge is 0.234 e. The molecular formula is C19H29N3O2. The zero-order valence-corrected chi connectivity index (χ0v) is 14.6. The molecule has 1 aromatic rings. The number of rotatable bonds is 9. The average molecular weight is 331 g/mol. The van der Waals surface area contributed by atoms with Crippen LogP contribution in [-0.4, -0.2) is 67.7 Å². The van der Waals surface area contributed by atoms with Crippen molar-refractivity contribution in [2.24, 2.45) is 0 Å². The second-order valence-electron chi connectivity index (χ2n) is 6.25. The van der Waals surface area contributed by atoms with Crippen LogP contribution in [0.5, 0.6) is 0 Å². The van der Waals surface area contributed by atoms with E-state index in [0.717, 1.165) is 39.4 Å². The minimum atomic E-state index is 0.0414. The van der Waals surface area contributed by atoms with Crippen molar-refractivity contribution >= 4 is 5.91 Å². The van der Waals surface area contributed by atoms with Crippen LogP contribution in [0.3, 0.4) is 0 Å². The Balaban J connectivity index is 1.96. The Hall–Kier alpha value is -1.69. The quantitative estimate of drug-likeness (QED) is 0.697. The molecule has 1 atom stereocenters. The zero-order valence-electron chi connectivity index (χ0n) is 14.6. The molecule has 0 bridgehead atoms. The minimum Gasteiger partial charge on any atom is -0.379 e. The molecule has 1 unspecified atom stereocenters. The second-order valence-corrected chi connectivity index (χ2v) is 6.25. The van der Waals surface area contributed by atoms with Gasteiger partial charge in [-0.15, -0.1) is 6.58 Å². The van der Waals surface area contributed by atoms with Crippen molar-refractivity contribution in [3.63, 3.8) is 0 Å². The molecule has 0 aromatic heterocycles. The lowest BCUT2D eigenvalue weighted by atomic mass is 10.1. The number of benzene rings is 1. The number of carbonyl (C=O) groups excluding carboxylic acids is 1. The Morgan fingerprint density at radius 3 is 2.75 bits per heavy atom. The largest absolute Gasteiger partial charge is 0.379 e. The maximum absolute atomic E-state index is 12.2. The molecule has 0 spiro atoms. The molecule has 2 rings (SSSR count). The Labute approximate surface area is 145 Å². The van der Waals surface area contributed by atoms with E-state index in [4.69, 9.17) is 4.74 Å². The lowest BCUT2D eigenvalue weighted by molar-refractivity contribution is -0.122. The normalized spacial score (nSPS) is 16.8. The van der Waals surface area contributed by atoms with Crippen molar-refractivity contribution in [3.8, 4) is 0 Å². The van der Waals surface area contributed by atoms with E-state index in [1.54, 1.807) is 6.08 Å². The van der Waals surface area contributed by atoms with E-state index >= 15 is 0 Å². The van der Waals surface area contributed by atoms with Crippen LogP contribution in [-0.2, 0) is 16.1 Å². The van der Waals surface area contributed by atoms with Crippen LogP contribution in [0.25, 0.3) is 0 Å². The van der Waals surface area contributed by atoms with Crippen LogP contribution in [0, 0.1) is 0 Å². The number of nitrogens with one attached hydrogen (secondary N) is 1. The molecule has 1 aromatic carbocycles. The van der Waals surface area contributed by atoms with Gasteiger partial charge in [-0.3, -0.25) is 14.6 Å². The van der Waals surface area contributed by atoms with Crippen LogP contribution in [0.15, 0.2) is 43.0 Å². The maximum atomic E-state index is 12.2. The molecule has 1 fully saturated rings. The molecule has 1 N–H and O–H groups in total. The summed E-state index contributed by atoms with van der Waals surface area (Å²) in [5, 5.41) is 2.87. The van der Waals surface area contributed by atoms with Gasteiger partial charge in [-0.05, 0) is 12.5 Å². The summed E-state index contributed by atoms with van der Waals surface area (Å²) in [6.07, 6.45) is 1.70. The summed E-state index contributed by atoms with van der Waals surface area (Å²) in [6, 6.07) is 10.6. The van der Waals surface area contributed by atoms with Crippen molar-refractivity contribution in [3.05, 3.63) is 48.6 Å². The number of morpholine rings is 1. The van der Waals surface area contributed by atoms with Gasteiger partial charge in [-0.2, -0.15) is 0 Å². The first kappa shape index (κ1) is 18.6. The summed E-state index contributed by atoms with van der Waals surface area (Å²) in [5.74, 6) is 0.0414. The molecule has 5 heteroatoms. The van der Waals surface area contributed by atoms with E-state index in [9.17, 15) is 4.79 Å². The third-order valence-electron chi connectivity index (χ3n) is 4.27. The van der Waals surface area contributed by atoms with Gasteiger partial charge in [0.2, 0.25) is 5.91 Å². The SMILES string of the molecule is C=CCNC(=O)CN(Cc1ccccc1)C(C)CN1CCOCC1. The molecule has 132 valence electrons. The monoisotopic (exact) mass is 331 g/mol. The van der Waals surface area contributed by atoms with E-state index in [-0.39, 0.29) is 11.9 Å². The van der Waals surface area contributed by atoms with Gasteiger partial charge in [0, 0.05) is 38.8 Å². The third kappa shape index (κ3) is 6.43. The highest BCUT2D eigenvalue weighted by atomic mass is 16.5. The van der Waals surface area contributed by atoms with Gasteiger partial charge in [-0.1, -0.05) is 36.4 Å². The van der Waals surface area contributed by atoms with Gasteiger partial charge in [0.15, 0.2) is 0 Å². The number of ether oxygens (including phenoxy) is 1. The fourth-order valence-electron chi connectivity index (χ4n) is 2.88. The maximum Gasteiger partial charge on any atom is 0.234 e. The van der Waals surface area contributed by atoms with Crippen LogP contribution in [0.1, 0.15) is 12.5 Å². The Kier molecular flexibility index (Phi) is 7.95. The molecule has 1 aliphatic rings. The summed E-state index contributed by atoms with van der Waals surface area (Å²) in [4.78, 5) is 16.8. The first-order valence-corrected chi connectivity index (χ1v) is 8.64. The number of hydrogen-bond donors (Lipinski definition) is 1. The lowest BCUT2D eigenvalue weighted by Gasteiger charge is -2.34. The first-order chi connectivity index (χ1) is 11.7. The van der Waals surface area contributed by atoms with E-state index in [1.165, 1.54) is 5.56 Å². The predicted octanol–water partition coefficient (Wildman–Crippen LogP) is 1.51. The van der Waals surface area contributed by atoms with Crippen LogP contribution in [0.2, 0.25) is 0 Å². The number of hydrogen-bond acceptors (Lipinski definition) is 4. The van der Waals surface area contributed by atoms with Crippen LogP contribution >= 0.6 is 0 Å². The molecule has 1 heterocycles. The van der Waals surface area contributed by atoms with E-state index in [2.05, 4.69) is 40.8 Å². The van der Waals surface area contributed by atoms with E-state index in [1.807, 2.05) is 18.2 Å². The fourth-order valence-corrected chi connectivity index (χ4v) is 2.88. The summed E-state index contributed by atoms with van der Waals surface area (Å²) in [5.41, 5.74) is 1.22. The molecule has 1 saturated heterocycles. The van der Waals surface area contributed by atoms with Crippen molar-refractivity contribution in [1.29, 1.82) is 0 Å². The van der Waals surface area contributed by atoms with Gasteiger partial charge in [0.1, 0.15) is 0 Å². The lowest BCUT2D eigenvalue weighted by Crippen LogP contribution is -2.48. The first-order valence-electron chi connectivity index (χ1n) is 8.64. The Morgan fingerprint density at radius 1 is 1.38 bits per heavy atom. The molecule has 5 nitrogen and oxygen atoms in total. The minimum absolute atomic E-state index is 0.0414. The van der Waals surface area contributed by atoms with Crippen molar-refractivity contribution < 1.29 is 9.53 Å². The van der Waals surface area contributed by atoms with Crippen LogP contribution < -0.4 is 5.32 Å². The summed E-state index contributed by atoms with van der Waals surface area (Å²) >= 11 is 0. The standard InChI is InChI=1S/C19H29N3O2/c1-3-9-20-19(23)16-22(15-18-7-5-4-6-8-18)17(2)14-21-10-12-24-13-11-21/h3-8,17H,1,9-16H2,2H3,(H,20,23). The highest BCUT2D eigenvalue weighted by Gasteiger charge is 2.21. The molecule has 0 aliphatic carbocycles. The Morgan fingerprint density at radius 2 is 2.08 bits per heavy atom. The fraction of sp³-hybridized carbons (Fsp3) is 0.526. The number of nitrogens with zero attached hydrogens (tertiary/aromatic N) is 2. The number of carbonyl (C=O) groups is 1. The van der Waals surface area contributed by atoms with Crippen molar-refractivity contribution in [1.82, 2.24) is 15.1 Å². The molecule has 1 amide bonds. The molecule has 24 heavy (non-hydrogen) atoms. The van der Waals surface area contributed by atoms with E-state index < -0.39 is 0 Å². The highest BCUT2D eigenvalue weighted by Crippen LogP contribution is 2.10. The van der Waals surface area contributed by atoms with Gasteiger partial charge in [-0.25, -0.2) is 0 Å². The third-order valence-corrected chi connectivity index (χ3v) is 4.27. The second kappa shape index (κ2) is 10.2. The molecule has 0 saturated carbocycles. The van der Waals surface area contributed by atoms with Crippen molar-refractivity contribution in [2.75, 3.05) is 45.9 Å². The Bertz CT molecular complexity index is 501. The van der Waals surface area contributed by atoms with Gasteiger partial charge >= 0.3 is 0 Å².